The number of rotatable bonds is 7. The van der Waals surface area contributed by atoms with E-state index in [1.165, 1.54) is 18.4 Å². The van der Waals surface area contributed by atoms with E-state index >= 15 is 0 Å². The van der Waals surface area contributed by atoms with Crippen LogP contribution in [0.5, 0.6) is 5.75 Å². The van der Waals surface area contributed by atoms with Crippen LogP contribution in [0.1, 0.15) is 36.6 Å². The van der Waals surface area contributed by atoms with Crippen molar-refractivity contribution >= 4 is 47.3 Å². The molecule has 2 aromatic carbocycles. The third kappa shape index (κ3) is 6.03. The Hall–Kier alpha value is -2.54. The van der Waals surface area contributed by atoms with Gasteiger partial charge in [-0.25, -0.2) is 4.98 Å². The lowest BCUT2D eigenvalue weighted by atomic mass is 9.92. The van der Waals surface area contributed by atoms with Gasteiger partial charge >= 0.3 is 0 Å². The number of nitrogens with two attached hydrogens (primary N) is 1. The van der Waals surface area contributed by atoms with Crippen LogP contribution in [0.4, 0.5) is 5.69 Å². The summed E-state index contributed by atoms with van der Waals surface area (Å²) in [6, 6.07) is 18.9. The van der Waals surface area contributed by atoms with Gasteiger partial charge in [0, 0.05) is 22.8 Å². The van der Waals surface area contributed by atoms with Crippen molar-refractivity contribution in [3.05, 3.63) is 65.9 Å². The lowest BCUT2D eigenvalue weighted by Gasteiger charge is -2.33. The molecule has 1 aliphatic rings. The molecular formula is C24H30Cl2N4O2. The number of anilines is 1. The molecule has 2 heterocycles. The van der Waals surface area contributed by atoms with Crippen LogP contribution in [0.15, 0.2) is 54.6 Å². The second-order valence-electron chi connectivity index (χ2n) is 7.81. The first-order valence-electron chi connectivity index (χ1n) is 10.5. The number of aromatic nitrogens is 1. The quantitative estimate of drug-likeness (QED) is 0.465. The zero-order valence-corrected chi connectivity index (χ0v) is 19.7. The van der Waals surface area contributed by atoms with Gasteiger partial charge in [-0.15, -0.1) is 24.8 Å². The molecule has 1 unspecified atom stereocenters. The molecular weight excluding hydrogens is 447 g/mol. The van der Waals surface area contributed by atoms with Gasteiger partial charge in [0.2, 0.25) is 0 Å². The number of pyridine rings is 1. The molecule has 1 saturated heterocycles. The minimum absolute atomic E-state index is 0. The van der Waals surface area contributed by atoms with Gasteiger partial charge in [0.1, 0.15) is 11.3 Å². The van der Waals surface area contributed by atoms with Crippen LogP contribution in [-0.2, 0) is 4.79 Å². The number of hydrogen-bond acceptors (Lipinski definition) is 5. The Kier molecular flexibility index (Phi) is 9.57. The van der Waals surface area contributed by atoms with Gasteiger partial charge in [0.25, 0.3) is 5.91 Å². The minimum Gasteiger partial charge on any atom is -0.481 e. The molecule has 0 aliphatic carbocycles. The highest BCUT2D eigenvalue weighted by Gasteiger charge is 2.25. The van der Waals surface area contributed by atoms with E-state index in [9.17, 15) is 4.79 Å². The molecule has 0 saturated carbocycles. The first-order chi connectivity index (χ1) is 14.6. The monoisotopic (exact) mass is 476 g/mol. The summed E-state index contributed by atoms with van der Waals surface area (Å²) in [6.45, 7) is 2.83. The first kappa shape index (κ1) is 25.7. The van der Waals surface area contributed by atoms with Crippen LogP contribution in [0.25, 0.3) is 10.9 Å². The average molecular weight is 477 g/mol. The smallest absolute Gasteiger partial charge is 0.255 e. The maximum Gasteiger partial charge on any atom is 0.255 e. The predicted molar refractivity (Wildman–Crippen MR) is 134 cm³/mol. The van der Waals surface area contributed by atoms with Gasteiger partial charge in [-0.3, -0.25) is 4.79 Å². The van der Waals surface area contributed by atoms with E-state index in [0.29, 0.717) is 11.8 Å². The fourth-order valence-corrected chi connectivity index (χ4v) is 4.14. The van der Waals surface area contributed by atoms with Crippen molar-refractivity contribution in [1.82, 2.24) is 10.3 Å². The van der Waals surface area contributed by atoms with E-state index < -0.39 is 5.91 Å². The van der Waals surface area contributed by atoms with Crippen LogP contribution < -0.4 is 21.1 Å². The van der Waals surface area contributed by atoms with Gasteiger partial charge in [-0.1, -0.05) is 48.9 Å². The number of hydrogen-bond donors (Lipinski definition) is 3. The number of piperidine rings is 1. The number of para-hydroxylation sites is 1. The Balaban J connectivity index is 0.00000181. The minimum atomic E-state index is -0.509. The first-order valence-corrected chi connectivity index (χ1v) is 10.5. The number of amides is 1. The highest BCUT2D eigenvalue weighted by molar-refractivity contribution is 5.95. The van der Waals surface area contributed by atoms with Gasteiger partial charge in [-0.05, 0) is 44.0 Å². The Labute approximate surface area is 201 Å². The molecule has 4 N–H and O–H groups in total. The Morgan fingerprint density at radius 1 is 1.19 bits per heavy atom. The number of carbonyl (C=O) groups is 1. The zero-order chi connectivity index (χ0) is 20.9. The van der Waals surface area contributed by atoms with Crippen LogP contribution in [0.3, 0.4) is 0 Å². The fraction of sp³-hybridized carbons (Fsp3) is 0.333. The third-order valence-electron chi connectivity index (χ3n) is 5.52. The fourth-order valence-electron chi connectivity index (χ4n) is 4.14. The number of carbonyl (C=O) groups excluding carboxylic acids is 1. The lowest BCUT2D eigenvalue weighted by Crippen LogP contribution is -2.41. The molecule has 32 heavy (non-hydrogen) atoms. The standard InChI is InChI=1S/C24H28N4O2.2ClH/c1-16-14-20(18-10-7-12-21(24(18)27-16)30-15-22(25)29)28-23(17-8-3-2-4-9-17)19-11-5-6-13-26-19;;/h2-4,7-10,12,14,19,23,26H,5-6,11,13,15H2,1H3,(H2,25,29)(H,27,28);2*1H/t19-,23?;;/m0../s1. The van der Waals surface area contributed by atoms with Crippen molar-refractivity contribution in [2.45, 2.75) is 38.3 Å². The molecule has 0 radical (unpaired) electrons. The summed E-state index contributed by atoms with van der Waals surface area (Å²) in [7, 11) is 0. The Morgan fingerprint density at radius 3 is 2.66 bits per heavy atom. The number of nitrogens with one attached hydrogen (secondary N) is 2. The third-order valence-corrected chi connectivity index (χ3v) is 5.52. The second kappa shape index (κ2) is 11.9. The Bertz CT molecular complexity index is 1030. The number of ether oxygens (including phenoxy) is 1. The number of nitrogens with zero attached hydrogens (tertiary/aromatic N) is 1. The molecule has 1 fully saturated rings. The molecule has 6 nitrogen and oxygen atoms in total. The van der Waals surface area contributed by atoms with E-state index in [-0.39, 0.29) is 37.5 Å². The summed E-state index contributed by atoms with van der Waals surface area (Å²) in [4.78, 5) is 15.9. The molecule has 1 aromatic heterocycles. The average Bonchev–Trinajstić information content (AvgIpc) is 2.77. The lowest BCUT2D eigenvalue weighted by molar-refractivity contribution is -0.119. The van der Waals surface area contributed by atoms with Gasteiger partial charge in [0.05, 0.1) is 6.04 Å². The number of halogens is 2. The van der Waals surface area contributed by atoms with Crippen LogP contribution in [0, 0.1) is 6.92 Å². The summed E-state index contributed by atoms with van der Waals surface area (Å²) in [5.41, 5.74) is 9.11. The summed E-state index contributed by atoms with van der Waals surface area (Å²) < 4.78 is 5.62. The normalized spacial score (nSPS) is 16.3. The highest BCUT2D eigenvalue weighted by atomic mass is 35.5. The molecule has 3 aromatic rings. The van der Waals surface area contributed by atoms with Crippen molar-refractivity contribution < 1.29 is 9.53 Å². The van der Waals surface area contributed by atoms with Crippen molar-refractivity contribution in [3.63, 3.8) is 0 Å². The molecule has 0 spiro atoms. The SMILES string of the molecule is Cc1cc(NC(c2ccccc2)[C@@H]2CCCCN2)c2cccc(OCC(N)=O)c2n1.Cl.Cl. The molecule has 172 valence electrons. The van der Waals surface area contributed by atoms with E-state index in [2.05, 4.69) is 45.9 Å². The molecule has 1 amide bonds. The van der Waals surface area contributed by atoms with Crippen molar-refractivity contribution in [2.75, 3.05) is 18.5 Å². The zero-order valence-electron chi connectivity index (χ0n) is 18.0. The number of benzene rings is 2. The van der Waals surface area contributed by atoms with E-state index in [1.54, 1.807) is 0 Å². The van der Waals surface area contributed by atoms with Gasteiger partial charge in [-0.2, -0.15) is 0 Å². The molecule has 2 atom stereocenters. The maximum absolute atomic E-state index is 11.2. The molecule has 4 rings (SSSR count). The van der Waals surface area contributed by atoms with E-state index in [4.69, 9.17) is 10.5 Å². The summed E-state index contributed by atoms with van der Waals surface area (Å²) >= 11 is 0. The molecule has 8 heteroatoms. The number of primary amides is 1. The summed E-state index contributed by atoms with van der Waals surface area (Å²) in [5, 5.41) is 8.44. The highest BCUT2D eigenvalue weighted by Crippen LogP contribution is 2.34. The molecule has 1 aliphatic heterocycles. The van der Waals surface area contributed by atoms with E-state index in [1.807, 2.05) is 31.2 Å². The number of fused-ring (bicyclic) bond motifs is 1. The van der Waals surface area contributed by atoms with Crippen LogP contribution in [-0.4, -0.2) is 30.1 Å². The van der Waals surface area contributed by atoms with Crippen LogP contribution >= 0.6 is 24.8 Å². The summed E-state index contributed by atoms with van der Waals surface area (Å²) in [5.74, 6) is 0.0515. The molecule has 0 bridgehead atoms. The van der Waals surface area contributed by atoms with Crippen molar-refractivity contribution in [3.8, 4) is 5.75 Å². The largest absolute Gasteiger partial charge is 0.481 e. The Morgan fingerprint density at radius 2 is 1.97 bits per heavy atom. The van der Waals surface area contributed by atoms with Crippen LogP contribution in [0.2, 0.25) is 0 Å². The second-order valence-corrected chi connectivity index (χ2v) is 7.81. The van der Waals surface area contributed by atoms with Gasteiger partial charge < -0.3 is 21.1 Å². The van der Waals surface area contributed by atoms with E-state index in [0.717, 1.165) is 35.2 Å². The summed E-state index contributed by atoms with van der Waals surface area (Å²) in [6.07, 6.45) is 3.57. The number of aryl methyl sites for hydroxylation is 1. The van der Waals surface area contributed by atoms with Gasteiger partial charge in [0.15, 0.2) is 6.61 Å². The topological polar surface area (TPSA) is 89.3 Å². The van der Waals surface area contributed by atoms with Crippen molar-refractivity contribution in [1.29, 1.82) is 0 Å². The van der Waals surface area contributed by atoms with Crippen molar-refractivity contribution in [2.24, 2.45) is 5.73 Å². The predicted octanol–water partition coefficient (Wildman–Crippen LogP) is 4.55. The maximum atomic E-state index is 11.2.